The number of pyridine rings is 2. The van der Waals surface area contributed by atoms with Gasteiger partial charge < -0.3 is 13.8 Å². The molecule has 39 heavy (non-hydrogen) atoms. The molecule has 4 aromatic heterocycles. The van der Waals surface area contributed by atoms with Crippen LogP contribution < -0.4 is 15.6 Å². The summed E-state index contributed by atoms with van der Waals surface area (Å²) < 4.78 is 51.1. The SMILES string of the molecule is COc1cc2c(cc1-c1c(C)noc1C)cc(C(=O)Nc1nnc(C(F)(F)F)s1)c(=O)n2Cc1ccccn1. The minimum atomic E-state index is -4.72. The lowest BCUT2D eigenvalue weighted by Crippen LogP contribution is -2.30. The molecule has 0 saturated heterocycles. The number of benzene rings is 1. The molecule has 14 heteroatoms. The van der Waals surface area contributed by atoms with E-state index in [4.69, 9.17) is 9.26 Å². The molecule has 1 aromatic carbocycles. The van der Waals surface area contributed by atoms with Gasteiger partial charge in [-0.15, -0.1) is 10.2 Å². The smallest absolute Gasteiger partial charge is 0.445 e. The minimum absolute atomic E-state index is 0.0160. The van der Waals surface area contributed by atoms with Crippen molar-refractivity contribution < 1.29 is 27.2 Å². The number of aromatic nitrogens is 5. The number of halogens is 3. The molecule has 10 nitrogen and oxygen atoms in total. The number of carbonyl (C=O) groups is 1. The molecule has 0 atom stereocenters. The lowest BCUT2D eigenvalue weighted by atomic mass is 9.99. The van der Waals surface area contributed by atoms with Gasteiger partial charge in [-0.25, -0.2) is 0 Å². The Morgan fingerprint density at radius 3 is 2.59 bits per heavy atom. The highest BCUT2D eigenvalue weighted by Crippen LogP contribution is 2.38. The highest BCUT2D eigenvalue weighted by Gasteiger charge is 2.36. The van der Waals surface area contributed by atoms with Gasteiger partial charge in [0.05, 0.1) is 36.1 Å². The third kappa shape index (κ3) is 4.97. The number of nitrogens with zero attached hydrogens (tertiary/aromatic N) is 5. The molecule has 0 aliphatic carbocycles. The van der Waals surface area contributed by atoms with E-state index < -0.39 is 27.8 Å². The van der Waals surface area contributed by atoms with Gasteiger partial charge in [0.1, 0.15) is 17.1 Å². The van der Waals surface area contributed by atoms with Crippen LogP contribution in [0, 0.1) is 13.8 Å². The maximum atomic E-state index is 13.6. The second-order valence-corrected chi connectivity index (χ2v) is 9.42. The quantitative estimate of drug-likeness (QED) is 0.315. The van der Waals surface area contributed by atoms with Gasteiger partial charge in [-0.2, -0.15) is 13.2 Å². The summed E-state index contributed by atoms with van der Waals surface area (Å²) in [4.78, 5) is 31.0. The van der Waals surface area contributed by atoms with E-state index >= 15 is 0 Å². The average Bonchev–Trinajstić information content (AvgIpc) is 3.51. The zero-order valence-electron chi connectivity index (χ0n) is 20.7. The Balaban J connectivity index is 1.68. The Hall–Kier alpha value is -4.59. The molecule has 4 heterocycles. The normalized spacial score (nSPS) is 11.6. The number of methoxy groups -OCH3 is 1. The van der Waals surface area contributed by atoms with Crippen LogP contribution in [-0.4, -0.2) is 37.9 Å². The molecular weight excluding hydrogens is 537 g/mol. The molecule has 0 radical (unpaired) electrons. The molecule has 1 N–H and O–H groups in total. The summed E-state index contributed by atoms with van der Waals surface area (Å²) in [5.41, 5.74) is 1.93. The lowest BCUT2D eigenvalue weighted by Gasteiger charge is -2.16. The predicted molar refractivity (Wildman–Crippen MR) is 136 cm³/mol. The fourth-order valence-corrected chi connectivity index (χ4v) is 4.77. The lowest BCUT2D eigenvalue weighted by molar-refractivity contribution is -0.138. The van der Waals surface area contributed by atoms with Crippen LogP contribution in [0.1, 0.15) is 32.5 Å². The van der Waals surface area contributed by atoms with E-state index in [0.717, 1.165) is 0 Å². The maximum absolute atomic E-state index is 13.6. The van der Waals surface area contributed by atoms with Crippen molar-refractivity contribution in [2.75, 3.05) is 12.4 Å². The molecule has 5 aromatic rings. The van der Waals surface area contributed by atoms with Gasteiger partial charge in [0.2, 0.25) is 10.1 Å². The number of carbonyl (C=O) groups excluding carboxylic acids is 1. The van der Waals surface area contributed by atoms with Crippen LogP contribution in [0.3, 0.4) is 0 Å². The van der Waals surface area contributed by atoms with E-state index in [1.807, 2.05) is 0 Å². The fraction of sp³-hybridized carbons (Fsp3) is 0.200. The molecule has 0 fully saturated rings. The summed E-state index contributed by atoms with van der Waals surface area (Å²) in [6.07, 6.45) is -3.14. The Kier molecular flexibility index (Phi) is 6.64. The number of hydrogen-bond acceptors (Lipinski definition) is 9. The Morgan fingerprint density at radius 2 is 1.97 bits per heavy atom. The van der Waals surface area contributed by atoms with Crippen molar-refractivity contribution >= 4 is 33.3 Å². The van der Waals surface area contributed by atoms with E-state index in [1.54, 1.807) is 50.4 Å². The van der Waals surface area contributed by atoms with Crippen LogP contribution in [0.2, 0.25) is 0 Å². The standard InChI is InChI=1S/C25H19F3N6O4S/c1-12-20(13(2)38-33-12)16-8-14-9-17(21(35)30-24-32-31-23(39-24)25(26,27)28)22(36)34(18(14)10-19(16)37-3)11-15-6-4-5-7-29-15/h4-10H,11H2,1-3H3,(H,30,32,35). The number of fused-ring (bicyclic) bond motifs is 1. The van der Waals surface area contributed by atoms with Crippen LogP contribution in [0.15, 0.2) is 51.9 Å². The van der Waals surface area contributed by atoms with E-state index in [2.05, 4.69) is 25.7 Å². The van der Waals surface area contributed by atoms with E-state index in [1.165, 1.54) is 17.7 Å². The van der Waals surface area contributed by atoms with E-state index in [0.29, 0.717) is 44.9 Å². The Morgan fingerprint density at radius 1 is 1.18 bits per heavy atom. The average molecular weight is 557 g/mol. The summed E-state index contributed by atoms with van der Waals surface area (Å²) in [6, 6.07) is 9.98. The topological polar surface area (TPSA) is 125 Å². The van der Waals surface area contributed by atoms with Crippen LogP contribution in [0.25, 0.3) is 22.0 Å². The summed E-state index contributed by atoms with van der Waals surface area (Å²) in [6.45, 7) is 3.53. The van der Waals surface area contributed by atoms with Crippen molar-refractivity contribution in [1.29, 1.82) is 0 Å². The third-order valence-electron chi connectivity index (χ3n) is 5.90. The first-order valence-corrected chi connectivity index (χ1v) is 12.2. The number of amides is 1. The molecule has 0 unspecified atom stereocenters. The number of alkyl halides is 3. The van der Waals surface area contributed by atoms with Gasteiger partial charge in [-0.1, -0.05) is 22.6 Å². The largest absolute Gasteiger partial charge is 0.496 e. The number of nitrogens with one attached hydrogen (secondary N) is 1. The number of hydrogen-bond donors (Lipinski definition) is 1. The summed E-state index contributed by atoms with van der Waals surface area (Å²) >= 11 is 0.156. The zero-order valence-corrected chi connectivity index (χ0v) is 21.5. The third-order valence-corrected chi connectivity index (χ3v) is 6.78. The summed E-state index contributed by atoms with van der Waals surface area (Å²) in [7, 11) is 1.49. The van der Waals surface area contributed by atoms with Crippen LogP contribution in [0.5, 0.6) is 5.75 Å². The fourth-order valence-electron chi connectivity index (χ4n) is 4.17. The highest BCUT2D eigenvalue weighted by molar-refractivity contribution is 7.15. The second kappa shape index (κ2) is 9.94. The number of aryl methyl sites for hydroxylation is 2. The Bertz CT molecular complexity index is 1740. The van der Waals surface area contributed by atoms with Gasteiger partial charge >= 0.3 is 6.18 Å². The highest BCUT2D eigenvalue weighted by atomic mass is 32.1. The first-order chi connectivity index (χ1) is 18.6. The summed E-state index contributed by atoms with van der Waals surface area (Å²) in [5, 5.41) is 11.6. The minimum Gasteiger partial charge on any atom is -0.496 e. The van der Waals surface area contributed by atoms with Gasteiger partial charge in [-0.3, -0.25) is 19.9 Å². The van der Waals surface area contributed by atoms with Crippen molar-refractivity contribution in [2.24, 2.45) is 0 Å². The molecule has 1 amide bonds. The summed E-state index contributed by atoms with van der Waals surface area (Å²) in [5.74, 6) is 0.0507. The Labute approximate surface area is 222 Å². The van der Waals surface area contributed by atoms with Crippen molar-refractivity contribution in [1.82, 2.24) is 24.9 Å². The predicted octanol–water partition coefficient (Wildman–Crippen LogP) is 4.85. The molecule has 0 aliphatic heterocycles. The molecule has 5 rings (SSSR count). The molecule has 0 spiro atoms. The van der Waals surface area contributed by atoms with Crippen LogP contribution in [0.4, 0.5) is 18.3 Å². The van der Waals surface area contributed by atoms with Crippen molar-refractivity contribution in [2.45, 2.75) is 26.6 Å². The van der Waals surface area contributed by atoms with Gasteiger partial charge in [0.15, 0.2) is 0 Å². The van der Waals surface area contributed by atoms with Crippen LogP contribution >= 0.6 is 11.3 Å². The van der Waals surface area contributed by atoms with Crippen molar-refractivity contribution in [3.8, 4) is 16.9 Å². The van der Waals surface area contributed by atoms with E-state index in [9.17, 15) is 22.8 Å². The zero-order chi connectivity index (χ0) is 27.9. The maximum Gasteiger partial charge on any atom is 0.445 e. The van der Waals surface area contributed by atoms with Gasteiger partial charge in [-0.05, 0) is 38.1 Å². The number of anilines is 1. The van der Waals surface area contributed by atoms with E-state index in [-0.39, 0.29) is 23.4 Å². The molecule has 0 aliphatic rings. The number of ether oxygens (including phenoxy) is 1. The van der Waals surface area contributed by atoms with Crippen molar-refractivity contribution in [3.63, 3.8) is 0 Å². The molecule has 200 valence electrons. The second-order valence-electron chi connectivity index (χ2n) is 8.45. The monoisotopic (exact) mass is 556 g/mol. The first-order valence-electron chi connectivity index (χ1n) is 11.4. The van der Waals surface area contributed by atoms with Crippen molar-refractivity contribution in [3.05, 3.63) is 80.7 Å². The molecular formula is C25H19F3N6O4S. The van der Waals surface area contributed by atoms with Crippen LogP contribution in [-0.2, 0) is 12.7 Å². The number of rotatable bonds is 6. The van der Waals surface area contributed by atoms with Gasteiger partial charge in [0.25, 0.3) is 11.5 Å². The molecule has 0 bridgehead atoms. The first kappa shape index (κ1) is 26.0. The molecule has 0 saturated carbocycles. The van der Waals surface area contributed by atoms with Gasteiger partial charge in [0, 0.05) is 23.2 Å².